The summed E-state index contributed by atoms with van der Waals surface area (Å²) < 4.78 is 0.119. The molecular formula is C12H14S. The SMILES string of the molecule is C#CCSC(C)(C)c1ccccc1. The van der Waals surface area contributed by atoms with Crippen molar-refractivity contribution in [1.29, 1.82) is 0 Å². The first-order chi connectivity index (χ1) is 6.17. The lowest BCUT2D eigenvalue weighted by molar-refractivity contribution is 0.784. The van der Waals surface area contributed by atoms with Gasteiger partial charge in [-0.1, -0.05) is 36.3 Å². The molecular weight excluding hydrogens is 176 g/mol. The van der Waals surface area contributed by atoms with E-state index in [1.54, 1.807) is 11.8 Å². The molecule has 0 aliphatic rings. The van der Waals surface area contributed by atoms with E-state index in [-0.39, 0.29) is 4.75 Å². The molecule has 68 valence electrons. The average Bonchev–Trinajstić information content (AvgIpc) is 2.16. The fourth-order valence-corrected chi connectivity index (χ4v) is 1.89. The lowest BCUT2D eigenvalue weighted by Crippen LogP contribution is -2.12. The molecule has 0 bridgehead atoms. The fraction of sp³-hybridized carbons (Fsp3) is 0.333. The lowest BCUT2D eigenvalue weighted by atomic mass is 10.0. The Labute approximate surface area is 84.7 Å². The van der Waals surface area contributed by atoms with Crippen molar-refractivity contribution in [3.05, 3.63) is 35.9 Å². The zero-order valence-electron chi connectivity index (χ0n) is 8.08. The Morgan fingerprint density at radius 2 is 1.92 bits per heavy atom. The summed E-state index contributed by atoms with van der Waals surface area (Å²) in [6, 6.07) is 10.4. The summed E-state index contributed by atoms with van der Waals surface area (Å²) in [4.78, 5) is 0. The van der Waals surface area contributed by atoms with Crippen LogP contribution < -0.4 is 0 Å². The Morgan fingerprint density at radius 1 is 1.31 bits per heavy atom. The smallest absolute Gasteiger partial charge is 0.0553 e. The van der Waals surface area contributed by atoms with Crippen LogP contribution >= 0.6 is 11.8 Å². The predicted octanol–water partition coefficient (Wildman–Crippen LogP) is 3.29. The first-order valence-electron chi connectivity index (χ1n) is 4.30. The maximum Gasteiger partial charge on any atom is 0.0553 e. The number of benzene rings is 1. The molecule has 0 unspecified atom stereocenters. The molecule has 0 radical (unpaired) electrons. The van der Waals surface area contributed by atoms with Crippen LogP contribution in [-0.4, -0.2) is 5.75 Å². The van der Waals surface area contributed by atoms with E-state index in [0.717, 1.165) is 5.75 Å². The topological polar surface area (TPSA) is 0 Å². The third kappa shape index (κ3) is 2.82. The summed E-state index contributed by atoms with van der Waals surface area (Å²) in [5, 5.41) is 0. The number of terminal acetylenes is 1. The van der Waals surface area contributed by atoms with Crippen molar-refractivity contribution < 1.29 is 0 Å². The third-order valence-corrected chi connectivity index (χ3v) is 3.25. The monoisotopic (exact) mass is 190 g/mol. The Morgan fingerprint density at radius 3 is 2.46 bits per heavy atom. The Bertz CT molecular complexity index is 293. The molecule has 1 aromatic rings. The van der Waals surface area contributed by atoms with Gasteiger partial charge in [0.1, 0.15) is 0 Å². The van der Waals surface area contributed by atoms with Crippen molar-refractivity contribution >= 4 is 11.8 Å². The molecule has 0 nitrogen and oxygen atoms in total. The van der Waals surface area contributed by atoms with E-state index in [2.05, 4.69) is 44.0 Å². The van der Waals surface area contributed by atoms with Gasteiger partial charge in [-0.2, -0.15) is 0 Å². The quantitative estimate of drug-likeness (QED) is 0.659. The highest BCUT2D eigenvalue weighted by molar-refractivity contribution is 8.00. The van der Waals surface area contributed by atoms with Crippen molar-refractivity contribution in [2.24, 2.45) is 0 Å². The van der Waals surface area contributed by atoms with Crippen molar-refractivity contribution in [2.75, 3.05) is 5.75 Å². The minimum absolute atomic E-state index is 0.119. The maximum absolute atomic E-state index is 5.24. The zero-order valence-corrected chi connectivity index (χ0v) is 8.90. The normalized spacial score (nSPS) is 10.8. The van der Waals surface area contributed by atoms with Crippen molar-refractivity contribution in [2.45, 2.75) is 18.6 Å². The second-order valence-corrected chi connectivity index (χ2v) is 4.97. The van der Waals surface area contributed by atoms with Gasteiger partial charge < -0.3 is 0 Å². The summed E-state index contributed by atoms with van der Waals surface area (Å²) in [5.41, 5.74) is 1.33. The van der Waals surface area contributed by atoms with Gasteiger partial charge in [-0.3, -0.25) is 0 Å². The van der Waals surface area contributed by atoms with Crippen LogP contribution in [0.3, 0.4) is 0 Å². The molecule has 13 heavy (non-hydrogen) atoms. The molecule has 0 fully saturated rings. The van der Waals surface area contributed by atoms with Crippen LogP contribution in [0.15, 0.2) is 30.3 Å². The number of hydrogen-bond acceptors (Lipinski definition) is 1. The molecule has 1 rings (SSSR count). The third-order valence-electron chi connectivity index (χ3n) is 1.99. The Kier molecular flexibility index (Phi) is 3.45. The van der Waals surface area contributed by atoms with Crippen molar-refractivity contribution in [3.8, 4) is 12.3 Å². The van der Waals surface area contributed by atoms with Crippen LogP contribution in [0.4, 0.5) is 0 Å². The van der Waals surface area contributed by atoms with Crippen molar-refractivity contribution in [3.63, 3.8) is 0 Å². The highest BCUT2D eigenvalue weighted by Crippen LogP contribution is 2.34. The van der Waals surface area contributed by atoms with Gasteiger partial charge in [-0.15, -0.1) is 18.2 Å². The molecule has 0 spiro atoms. The van der Waals surface area contributed by atoms with Crippen LogP contribution in [0.1, 0.15) is 19.4 Å². The molecule has 1 aromatic carbocycles. The Balaban J connectivity index is 2.76. The van der Waals surface area contributed by atoms with E-state index >= 15 is 0 Å². The van der Waals surface area contributed by atoms with Gasteiger partial charge in [0.2, 0.25) is 0 Å². The van der Waals surface area contributed by atoms with Gasteiger partial charge in [0, 0.05) is 4.75 Å². The first-order valence-corrected chi connectivity index (χ1v) is 5.28. The first kappa shape index (κ1) is 10.2. The average molecular weight is 190 g/mol. The highest BCUT2D eigenvalue weighted by Gasteiger charge is 2.19. The zero-order chi connectivity index (χ0) is 9.73. The minimum Gasteiger partial charge on any atom is -0.138 e. The lowest BCUT2D eigenvalue weighted by Gasteiger charge is -2.23. The van der Waals surface area contributed by atoms with Crippen LogP contribution in [0.25, 0.3) is 0 Å². The van der Waals surface area contributed by atoms with Gasteiger partial charge in [0.25, 0.3) is 0 Å². The van der Waals surface area contributed by atoms with E-state index in [0.29, 0.717) is 0 Å². The van der Waals surface area contributed by atoms with Gasteiger partial charge in [0.05, 0.1) is 5.75 Å². The van der Waals surface area contributed by atoms with Gasteiger partial charge >= 0.3 is 0 Å². The van der Waals surface area contributed by atoms with Crippen LogP contribution in [0.2, 0.25) is 0 Å². The molecule has 0 N–H and O–H groups in total. The molecule has 0 saturated heterocycles. The summed E-state index contributed by atoms with van der Waals surface area (Å²) >= 11 is 1.80. The molecule has 0 atom stereocenters. The minimum atomic E-state index is 0.119. The van der Waals surface area contributed by atoms with E-state index in [1.807, 2.05) is 6.07 Å². The summed E-state index contributed by atoms with van der Waals surface area (Å²) in [5.74, 6) is 3.42. The van der Waals surface area contributed by atoms with Crippen LogP contribution in [0, 0.1) is 12.3 Å². The van der Waals surface area contributed by atoms with E-state index in [1.165, 1.54) is 5.56 Å². The van der Waals surface area contributed by atoms with Gasteiger partial charge in [0.15, 0.2) is 0 Å². The summed E-state index contributed by atoms with van der Waals surface area (Å²) in [7, 11) is 0. The van der Waals surface area contributed by atoms with E-state index in [9.17, 15) is 0 Å². The largest absolute Gasteiger partial charge is 0.138 e. The molecule has 0 heterocycles. The van der Waals surface area contributed by atoms with Gasteiger partial charge in [-0.25, -0.2) is 0 Å². The molecule has 0 saturated carbocycles. The second kappa shape index (κ2) is 4.39. The van der Waals surface area contributed by atoms with Gasteiger partial charge in [-0.05, 0) is 19.4 Å². The standard InChI is InChI=1S/C12H14S/c1-4-10-13-12(2,3)11-8-6-5-7-9-11/h1,5-9H,10H2,2-3H3. The van der Waals surface area contributed by atoms with Crippen LogP contribution in [-0.2, 0) is 4.75 Å². The summed E-state index contributed by atoms with van der Waals surface area (Å²) in [6.07, 6.45) is 5.24. The molecule has 0 aliphatic carbocycles. The predicted molar refractivity (Wildman–Crippen MR) is 60.8 cm³/mol. The summed E-state index contributed by atoms with van der Waals surface area (Å²) in [6.45, 7) is 4.40. The highest BCUT2D eigenvalue weighted by atomic mass is 32.2. The second-order valence-electron chi connectivity index (χ2n) is 3.37. The van der Waals surface area contributed by atoms with Crippen molar-refractivity contribution in [1.82, 2.24) is 0 Å². The molecule has 0 aromatic heterocycles. The Hall–Kier alpha value is -0.870. The number of thioether (sulfide) groups is 1. The molecule has 0 aliphatic heterocycles. The molecule has 0 amide bonds. The number of rotatable bonds is 3. The fourth-order valence-electron chi connectivity index (χ4n) is 1.14. The maximum atomic E-state index is 5.24. The number of hydrogen-bond donors (Lipinski definition) is 0. The van der Waals surface area contributed by atoms with Crippen LogP contribution in [0.5, 0.6) is 0 Å². The molecule has 1 heteroatoms. The van der Waals surface area contributed by atoms with E-state index in [4.69, 9.17) is 6.42 Å². The van der Waals surface area contributed by atoms with E-state index < -0.39 is 0 Å².